The summed E-state index contributed by atoms with van der Waals surface area (Å²) in [5, 5.41) is 6.22. The fourth-order valence-electron chi connectivity index (χ4n) is 3.70. The molecule has 4 rings (SSSR count). The molecule has 3 heterocycles. The van der Waals surface area contributed by atoms with Crippen molar-refractivity contribution < 1.29 is 14.3 Å². The van der Waals surface area contributed by atoms with E-state index in [2.05, 4.69) is 15.3 Å². The Labute approximate surface area is 201 Å². The number of anilines is 1. The third-order valence-corrected chi connectivity index (χ3v) is 6.52. The van der Waals surface area contributed by atoms with Gasteiger partial charge in [0.25, 0.3) is 0 Å². The summed E-state index contributed by atoms with van der Waals surface area (Å²) >= 11 is 7.35. The van der Waals surface area contributed by atoms with Gasteiger partial charge in [-0.2, -0.15) is 0 Å². The molecule has 172 valence electrons. The van der Waals surface area contributed by atoms with Gasteiger partial charge in [-0.25, -0.2) is 9.97 Å². The number of halogens is 1. The number of pyridine rings is 1. The minimum absolute atomic E-state index is 0.0170. The van der Waals surface area contributed by atoms with Crippen molar-refractivity contribution in [2.45, 2.75) is 32.8 Å². The van der Waals surface area contributed by atoms with Crippen molar-refractivity contribution in [2.75, 3.05) is 18.4 Å². The summed E-state index contributed by atoms with van der Waals surface area (Å²) in [4.78, 5) is 36.2. The number of hydrogen-bond acceptors (Lipinski definition) is 6. The summed E-state index contributed by atoms with van der Waals surface area (Å²) in [6.07, 6.45) is 1.76. The molecular formula is C24H25ClN4O3S. The van der Waals surface area contributed by atoms with Crippen LogP contribution in [0.15, 0.2) is 47.8 Å². The highest BCUT2D eigenvalue weighted by Gasteiger charge is 2.29. The van der Waals surface area contributed by atoms with Gasteiger partial charge in [0.1, 0.15) is 23.2 Å². The van der Waals surface area contributed by atoms with E-state index in [9.17, 15) is 9.59 Å². The monoisotopic (exact) mass is 484 g/mol. The Balaban J connectivity index is 1.28. The zero-order chi connectivity index (χ0) is 23.2. The highest BCUT2D eigenvalue weighted by Crippen LogP contribution is 2.21. The molecule has 2 amide bonds. The Kier molecular flexibility index (Phi) is 7.57. The number of nitrogens with one attached hydrogen (secondary N) is 1. The molecule has 0 saturated carbocycles. The first-order valence-electron chi connectivity index (χ1n) is 10.8. The first kappa shape index (κ1) is 23.2. The topological polar surface area (TPSA) is 84.4 Å². The second-order valence-corrected chi connectivity index (χ2v) is 9.36. The number of piperidine rings is 1. The lowest BCUT2D eigenvalue weighted by Gasteiger charge is -2.32. The van der Waals surface area contributed by atoms with E-state index < -0.39 is 0 Å². The van der Waals surface area contributed by atoms with Crippen molar-refractivity contribution in [2.24, 2.45) is 5.92 Å². The van der Waals surface area contributed by atoms with Gasteiger partial charge in [-0.05, 0) is 56.2 Å². The molecule has 2 aromatic heterocycles. The Morgan fingerprint density at radius 3 is 2.82 bits per heavy atom. The largest absolute Gasteiger partial charge is 0.486 e. The van der Waals surface area contributed by atoms with E-state index in [-0.39, 0.29) is 24.2 Å². The number of rotatable bonds is 7. The highest BCUT2D eigenvalue weighted by molar-refractivity contribution is 7.09. The molecule has 1 N–H and O–H groups in total. The highest BCUT2D eigenvalue weighted by atomic mass is 35.5. The van der Waals surface area contributed by atoms with E-state index >= 15 is 0 Å². The van der Waals surface area contributed by atoms with Crippen molar-refractivity contribution in [3.8, 4) is 5.75 Å². The zero-order valence-electron chi connectivity index (χ0n) is 18.3. The van der Waals surface area contributed by atoms with Crippen LogP contribution in [0.4, 0.5) is 5.82 Å². The summed E-state index contributed by atoms with van der Waals surface area (Å²) in [7, 11) is 0. The van der Waals surface area contributed by atoms with Gasteiger partial charge in [-0.3, -0.25) is 9.59 Å². The van der Waals surface area contributed by atoms with Crippen LogP contribution in [0.25, 0.3) is 0 Å². The Bertz CT molecular complexity index is 1120. The van der Waals surface area contributed by atoms with Crippen LogP contribution in [-0.2, 0) is 22.6 Å². The fraction of sp³-hybridized carbons (Fsp3) is 0.333. The maximum absolute atomic E-state index is 12.9. The molecule has 33 heavy (non-hydrogen) atoms. The van der Waals surface area contributed by atoms with E-state index in [0.29, 0.717) is 36.3 Å². The number of hydrogen-bond donors (Lipinski definition) is 1. The van der Waals surface area contributed by atoms with Gasteiger partial charge in [0.2, 0.25) is 11.8 Å². The molecular weight excluding hydrogens is 460 g/mol. The molecule has 1 atom stereocenters. The first-order valence-corrected chi connectivity index (χ1v) is 12.1. The molecule has 1 unspecified atom stereocenters. The molecule has 1 aromatic carbocycles. The number of amides is 2. The predicted octanol–water partition coefficient (Wildman–Crippen LogP) is 4.50. The van der Waals surface area contributed by atoms with Crippen LogP contribution in [0.1, 0.15) is 29.2 Å². The smallest absolute Gasteiger partial charge is 0.230 e. The molecule has 0 spiro atoms. The number of aryl methyl sites for hydroxylation is 1. The summed E-state index contributed by atoms with van der Waals surface area (Å²) in [5.41, 5.74) is 1.56. The molecule has 1 aliphatic rings. The van der Waals surface area contributed by atoms with Crippen LogP contribution < -0.4 is 10.1 Å². The number of ether oxygens (including phenoxy) is 1. The van der Waals surface area contributed by atoms with Crippen molar-refractivity contribution in [3.05, 3.63) is 69.3 Å². The molecule has 1 aliphatic heterocycles. The number of likely N-dealkylation sites (tertiary alicyclic amines) is 1. The number of nitrogens with zero attached hydrogens (tertiary/aromatic N) is 3. The number of aromatic nitrogens is 2. The zero-order valence-corrected chi connectivity index (χ0v) is 19.9. The van der Waals surface area contributed by atoms with Gasteiger partial charge in [-0.15, -0.1) is 11.3 Å². The molecule has 1 saturated heterocycles. The fourth-order valence-corrected chi connectivity index (χ4v) is 4.53. The number of thiazole rings is 1. The van der Waals surface area contributed by atoms with Gasteiger partial charge in [0.15, 0.2) is 0 Å². The van der Waals surface area contributed by atoms with E-state index in [1.807, 2.05) is 24.4 Å². The predicted molar refractivity (Wildman–Crippen MR) is 129 cm³/mol. The van der Waals surface area contributed by atoms with Gasteiger partial charge in [-0.1, -0.05) is 17.7 Å². The normalized spacial score (nSPS) is 15.8. The third-order valence-electron chi connectivity index (χ3n) is 5.39. The van der Waals surface area contributed by atoms with Crippen LogP contribution in [0.3, 0.4) is 0 Å². The van der Waals surface area contributed by atoms with Crippen molar-refractivity contribution in [1.29, 1.82) is 0 Å². The molecule has 0 aliphatic carbocycles. The van der Waals surface area contributed by atoms with Crippen LogP contribution in [0.2, 0.25) is 5.02 Å². The van der Waals surface area contributed by atoms with Crippen LogP contribution >= 0.6 is 22.9 Å². The summed E-state index contributed by atoms with van der Waals surface area (Å²) in [5.74, 6) is 0.895. The minimum Gasteiger partial charge on any atom is -0.486 e. The van der Waals surface area contributed by atoms with Gasteiger partial charge in [0, 0.05) is 29.2 Å². The summed E-state index contributed by atoms with van der Waals surface area (Å²) < 4.78 is 5.72. The van der Waals surface area contributed by atoms with E-state index in [4.69, 9.17) is 16.3 Å². The lowest BCUT2D eigenvalue weighted by atomic mass is 9.96. The third kappa shape index (κ3) is 6.52. The molecule has 0 bridgehead atoms. The summed E-state index contributed by atoms with van der Waals surface area (Å²) in [6, 6.07) is 12.7. The Morgan fingerprint density at radius 2 is 2.03 bits per heavy atom. The van der Waals surface area contributed by atoms with Gasteiger partial charge < -0.3 is 15.0 Å². The summed E-state index contributed by atoms with van der Waals surface area (Å²) in [6.45, 7) is 3.28. The molecule has 9 heteroatoms. The minimum atomic E-state index is -0.246. The first-order chi connectivity index (χ1) is 16.0. The van der Waals surface area contributed by atoms with Crippen molar-refractivity contribution in [1.82, 2.24) is 14.9 Å². The standard InChI is InChI=1S/C24H25ClN4O3S/c1-16-4-2-6-21(26-16)28-24(31)17-5-3-11-29(13-17)23(30)12-19-15-33-22(27-19)14-32-20-9-7-18(25)8-10-20/h2,4,6-10,15,17H,3,5,11-14H2,1H3,(H,26,28,31). The quantitative estimate of drug-likeness (QED) is 0.533. The Hall–Kier alpha value is -2.97. The molecule has 7 nitrogen and oxygen atoms in total. The lowest BCUT2D eigenvalue weighted by molar-refractivity contribution is -0.134. The van der Waals surface area contributed by atoms with Crippen LogP contribution in [-0.4, -0.2) is 39.8 Å². The van der Waals surface area contributed by atoms with Gasteiger partial charge in [0.05, 0.1) is 18.0 Å². The van der Waals surface area contributed by atoms with Crippen molar-refractivity contribution in [3.63, 3.8) is 0 Å². The van der Waals surface area contributed by atoms with Crippen LogP contribution in [0, 0.1) is 12.8 Å². The Morgan fingerprint density at radius 1 is 1.21 bits per heavy atom. The van der Waals surface area contributed by atoms with Crippen molar-refractivity contribution >= 4 is 40.6 Å². The molecule has 1 fully saturated rings. The van der Waals surface area contributed by atoms with E-state index in [0.717, 1.165) is 29.2 Å². The lowest BCUT2D eigenvalue weighted by Crippen LogP contribution is -2.44. The molecule has 0 radical (unpaired) electrons. The van der Waals surface area contributed by atoms with E-state index in [1.54, 1.807) is 35.2 Å². The number of carbonyl (C=O) groups excluding carboxylic acids is 2. The maximum atomic E-state index is 12.9. The average molecular weight is 485 g/mol. The second-order valence-electron chi connectivity index (χ2n) is 7.98. The number of benzene rings is 1. The van der Waals surface area contributed by atoms with Gasteiger partial charge >= 0.3 is 0 Å². The number of carbonyl (C=O) groups is 2. The van der Waals surface area contributed by atoms with E-state index in [1.165, 1.54) is 11.3 Å². The van der Waals surface area contributed by atoms with Crippen LogP contribution in [0.5, 0.6) is 5.75 Å². The average Bonchev–Trinajstić information content (AvgIpc) is 3.26. The second kappa shape index (κ2) is 10.8. The maximum Gasteiger partial charge on any atom is 0.230 e. The molecule has 3 aromatic rings. The SMILES string of the molecule is Cc1cccc(NC(=O)C2CCCN(C(=O)Cc3csc(COc4ccc(Cl)cc4)n3)C2)n1.